The van der Waals surface area contributed by atoms with Crippen molar-refractivity contribution in [3.63, 3.8) is 0 Å². The first-order valence-corrected chi connectivity index (χ1v) is 24.1. The average molecular weight is 977 g/mol. The number of amides is 4. The van der Waals surface area contributed by atoms with E-state index >= 15 is 0 Å². The molecule has 0 spiro atoms. The highest BCUT2D eigenvalue weighted by Crippen LogP contribution is 2.51. The van der Waals surface area contributed by atoms with Crippen LogP contribution in [0.5, 0.6) is 0 Å². The van der Waals surface area contributed by atoms with Gasteiger partial charge in [-0.05, 0) is 167 Å². The quantitative estimate of drug-likeness (QED) is 0.0471. The van der Waals surface area contributed by atoms with Crippen LogP contribution in [-0.2, 0) is 12.8 Å². The molecule has 0 unspecified atom stereocenters. The first kappa shape index (κ1) is 43.8. The number of carbonyl (C=O) groups is 4. The van der Waals surface area contributed by atoms with E-state index in [9.17, 15) is 19.2 Å². The Balaban J connectivity index is 1.04. The molecule has 2 heterocycles. The SMILES string of the molecule is CC(C)=CCC[C@H](C)CCc1ccc(N2C(=O)c3ccc4c5c(Br)cc6c7c(cc(Br)c(c8ccc(c3c48)C2=O)c75)C(=O)N(c2ccc(CC[C@@H](C)CCC=C(C)C)cc2)C6=O)cc1. The zero-order valence-corrected chi connectivity index (χ0v) is 40.5. The van der Waals surface area contributed by atoms with Crippen molar-refractivity contribution >= 4 is 110 Å². The van der Waals surface area contributed by atoms with Crippen molar-refractivity contribution in [2.75, 3.05) is 9.80 Å². The number of fused-ring (bicyclic) bond motifs is 2. The highest BCUT2D eigenvalue weighted by Gasteiger charge is 2.39. The monoisotopic (exact) mass is 974 g/mol. The van der Waals surface area contributed by atoms with E-state index in [4.69, 9.17) is 0 Å². The van der Waals surface area contributed by atoms with Gasteiger partial charge >= 0.3 is 0 Å². The minimum absolute atomic E-state index is 0.370. The number of hydrogen-bond donors (Lipinski definition) is 0. The molecule has 2 atom stereocenters. The van der Waals surface area contributed by atoms with Crippen molar-refractivity contribution in [3.05, 3.63) is 151 Å². The molecule has 0 aliphatic carbocycles. The molecule has 0 saturated heterocycles. The molecular formula is C56H52Br2N2O4. The van der Waals surface area contributed by atoms with Gasteiger partial charge in [-0.3, -0.25) is 19.2 Å². The van der Waals surface area contributed by atoms with Gasteiger partial charge in [0.2, 0.25) is 0 Å². The molecular weight excluding hydrogens is 924 g/mol. The van der Waals surface area contributed by atoms with E-state index < -0.39 is 0 Å². The lowest BCUT2D eigenvalue weighted by molar-refractivity contribution is 0.0877. The number of halogens is 2. The Morgan fingerprint density at radius 1 is 0.469 bits per heavy atom. The number of allylic oxidation sites excluding steroid dienone is 4. The number of carbonyl (C=O) groups excluding carboxylic acids is 4. The Bertz CT molecular complexity index is 2990. The lowest BCUT2D eigenvalue weighted by atomic mass is 9.82. The molecule has 324 valence electrons. The molecule has 0 radical (unpaired) electrons. The van der Waals surface area contributed by atoms with Crippen LogP contribution >= 0.6 is 31.9 Å². The topological polar surface area (TPSA) is 74.8 Å². The van der Waals surface area contributed by atoms with Gasteiger partial charge in [0.25, 0.3) is 23.6 Å². The van der Waals surface area contributed by atoms with E-state index in [2.05, 4.69) is 85.6 Å². The summed E-state index contributed by atoms with van der Waals surface area (Å²) in [7, 11) is 0. The number of aryl methyl sites for hydroxylation is 2. The molecule has 0 aromatic heterocycles. The van der Waals surface area contributed by atoms with Gasteiger partial charge in [-0.25, -0.2) is 9.80 Å². The number of nitrogens with zero attached hydrogens (tertiary/aromatic N) is 2. The Morgan fingerprint density at radius 3 is 1.23 bits per heavy atom. The molecule has 0 N–H and O–H groups in total. The summed E-state index contributed by atoms with van der Waals surface area (Å²) in [6.07, 6.45) is 13.1. The third-order valence-corrected chi connectivity index (χ3v) is 14.7. The zero-order valence-electron chi connectivity index (χ0n) is 37.3. The van der Waals surface area contributed by atoms with Crippen LogP contribution in [-0.4, -0.2) is 23.6 Å². The smallest absolute Gasteiger partial charge is 0.266 e. The molecule has 2 aliphatic rings. The highest BCUT2D eigenvalue weighted by molar-refractivity contribution is 9.11. The zero-order chi connectivity index (χ0) is 45.1. The fourth-order valence-corrected chi connectivity index (χ4v) is 11.2. The maximum absolute atomic E-state index is 14.5. The summed E-state index contributed by atoms with van der Waals surface area (Å²) in [5, 5.41) is 6.04. The average Bonchev–Trinajstić information content (AvgIpc) is 3.26. The van der Waals surface area contributed by atoms with Gasteiger partial charge in [-0.15, -0.1) is 0 Å². The molecule has 2 aliphatic heterocycles. The maximum Gasteiger partial charge on any atom is 0.266 e. The van der Waals surface area contributed by atoms with Crippen molar-refractivity contribution in [2.24, 2.45) is 11.8 Å². The van der Waals surface area contributed by atoms with Crippen molar-refractivity contribution in [1.82, 2.24) is 0 Å². The molecule has 0 fully saturated rings. The molecule has 6 nitrogen and oxygen atoms in total. The summed E-state index contributed by atoms with van der Waals surface area (Å²) in [6.45, 7) is 13.1. The van der Waals surface area contributed by atoms with E-state index in [0.29, 0.717) is 65.2 Å². The molecule has 0 bridgehead atoms. The molecule has 7 aromatic carbocycles. The summed E-state index contributed by atoms with van der Waals surface area (Å²) in [5.41, 5.74) is 7.88. The van der Waals surface area contributed by atoms with Crippen LogP contribution in [0.2, 0.25) is 0 Å². The van der Waals surface area contributed by atoms with Gasteiger partial charge in [-0.1, -0.05) is 105 Å². The summed E-state index contributed by atoms with van der Waals surface area (Å²) in [6, 6.07) is 26.8. The predicted octanol–water partition coefficient (Wildman–Crippen LogP) is 15.5. The van der Waals surface area contributed by atoms with Crippen molar-refractivity contribution in [2.45, 2.75) is 92.9 Å². The molecule has 7 aromatic rings. The number of benzene rings is 7. The van der Waals surface area contributed by atoms with Crippen LogP contribution in [0, 0.1) is 11.8 Å². The highest BCUT2D eigenvalue weighted by atomic mass is 79.9. The van der Waals surface area contributed by atoms with Crippen LogP contribution in [0.1, 0.15) is 133 Å². The second-order valence-electron chi connectivity index (χ2n) is 18.6. The predicted molar refractivity (Wildman–Crippen MR) is 271 cm³/mol. The summed E-state index contributed by atoms with van der Waals surface area (Å²) >= 11 is 7.72. The summed E-state index contributed by atoms with van der Waals surface area (Å²) in [5.74, 6) is -0.328. The van der Waals surface area contributed by atoms with Gasteiger partial charge < -0.3 is 0 Å². The van der Waals surface area contributed by atoms with Crippen LogP contribution in [0.15, 0.2) is 117 Å². The van der Waals surface area contributed by atoms with E-state index in [-0.39, 0.29) is 23.6 Å². The molecule has 64 heavy (non-hydrogen) atoms. The fraction of sp³-hybridized carbons (Fsp3) is 0.286. The second-order valence-corrected chi connectivity index (χ2v) is 20.3. The number of hydrogen-bond acceptors (Lipinski definition) is 4. The largest absolute Gasteiger partial charge is 0.268 e. The van der Waals surface area contributed by atoms with Crippen molar-refractivity contribution in [3.8, 4) is 0 Å². The minimum Gasteiger partial charge on any atom is -0.268 e. The van der Waals surface area contributed by atoms with Gasteiger partial charge in [-0.2, -0.15) is 0 Å². The van der Waals surface area contributed by atoms with Gasteiger partial charge in [0.1, 0.15) is 0 Å². The summed E-state index contributed by atoms with van der Waals surface area (Å²) < 4.78 is 1.36. The standard InChI is InChI=1S/C56H52Br2N2O4/c1-31(2)9-7-11-33(5)13-15-35-17-21-37(22-18-35)59-53(61)41-27-25-39-47-40(26-28-42(48(41)47)54(59)62)51-46(58)30-44-49-43(29-45(57)50(39)52(49)51)55(63)60(56(44)64)38-23-19-36(20-24-38)16-14-34(6)12-8-10-32(3)4/h9-10,17-30,33-34H,7-8,11-16H2,1-6H3/t33-,34-/m0/s1. The Hall–Kier alpha value is -5.44. The first-order chi connectivity index (χ1) is 30.7. The number of rotatable bonds is 14. The van der Waals surface area contributed by atoms with Crippen LogP contribution < -0.4 is 9.80 Å². The van der Waals surface area contributed by atoms with E-state index in [1.807, 2.05) is 84.9 Å². The van der Waals surface area contributed by atoms with E-state index in [1.54, 1.807) is 0 Å². The maximum atomic E-state index is 14.5. The number of anilines is 2. The molecule has 8 heteroatoms. The van der Waals surface area contributed by atoms with Crippen molar-refractivity contribution < 1.29 is 19.2 Å². The molecule has 4 amide bonds. The third-order valence-electron chi connectivity index (χ3n) is 13.4. The Morgan fingerprint density at radius 2 is 0.844 bits per heavy atom. The third kappa shape index (κ3) is 7.70. The minimum atomic E-state index is -0.385. The first-order valence-electron chi connectivity index (χ1n) is 22.5. The fourth-order valence-electron chi connectivity index (χ4n) is 9.89. The Kier molecular flexibility index (Phi) is 12.0. The lowest BCUT2D eigenvalue weighted by Crippen LogP contribution is -2.40. The molecule has 9 rings (SSSR count). The van der Waals surface area contributed by atoms with E-state index in [0.717, 1.165) is 83.7 Å². The van der Waals surface area contributed by atoms with Gasteiger partial charge in [0.15, 0.2) is 0 Å². The van der Waals surface area contributed by atoms with E-state index in [1.165, 1.54) is 32.1 Å². The van der Waals surface area contributed by atoms with Gasteiger partial charge in [0, 0.05) is 47.0 Å². The lowest BCUT2D eigenvalue weighted by Gasteiger charge is -2.31. The second kappa shape index (κ2) is 17.5. The van der Waals surface area contributed by atoms with Crippen LogP contribution in [0.25, 0.3) is 43.1 Å². The summed E-state index contributed by atoms with van der Waals surface area (Å²) in [4.78, 5) is 60.6. The Labute approximate surface area is 392 Å². The normalized spacial score (nSPS) is 14.7. The van der Waals surface area contributed by atoms with Crippen molar-refractivity contribution in [1.29, 1.82) is 0 Å². The number of imide groups is 2. The van der Waals surface area contributed by atoms with Gasteiger partial charge in [0.05, 0.1) is 22.5 Å². The molecule has 0 saturated carbocycles. The van der Waals surface area contributed by atoms with Crippen LogP contribution in [0.3, 0.4) is 0 Å². The van der Waals surface area contributed by atoms with Crippen LogP contribution in [0.4, 0.5) is 11.4 Å².